The van der Waals surface area contributed by atoms with Gasteiger partial charge >= 0.3 is 0 Å². The summed E-state index contributed by atoms with van der Waals surface area (Å²) < 4.78 is 0. The molecule has 2 rings (SSSR count). The number of likely N-dealkylation sites (tertiary alicyclic amines) is 1. The third-order valence-electron chi connectivity index (χ3n) is 5.46. The maximum absolute atomic E-state index is 12.6. The lowest BCUT2D eigenvalue weighted by molar-refractivity contribution is -0.142. The van der Waals surface area contributed by atoms with Crippen molar-refractivity contribution >= 4 is 5.91 Å². The number of rotatable bonds is 4. The molecule has 1 saturated carbocycles. The molecular formula is C19H36N2O. The number of piperidine rings is 1. The third-order valence-corrected chi connectivity index (χ3v) is 5.46. The van der Waals surface area contributed by atoms with Gasteiger partial charge in [0.15, 0.2) is 0 Å². The van der Waals surface area contributed by atoms with E-state index in [0.29, 0.717) is 17.9 Å². The summed E-state index contributed by atoms with van der Waals surface area (Å²) in [6, 6.07) is 0.493. The predicted octanol–water partition coefficient (Wildman–Crippen LogP) is 3.83. The molecule has 3 nitrogen and oxygen atoms in total. The van der Waals surface area contributed by atoms with Crippen LogP contribution in [0.25, 0.3) is 0 Å². The highest BCUT2D eigenvalue weighted by atomic mass is 16.2. The molecule has 0 aromatic rings. The normalized spacial score (nSPS) is 27.9. The second kappa shape index (κ2) is 7.81. The molecule has 22 heavy (non-hydrogen) atoms. The van der Waals surface area contributed by atoms with Crippen molar-refractivity contribution in [2.75, 3.05) is 19.6 Å². The molecule has 1 saturated heterocycles. The molecular weight excluding hydrogens is 272 g/mol. The van der Waals surface area contributed by atoms with Crippen molar-refractivity contribution < 1.29 is 4.79 Å². The van der Waals surface area contributed by atoms with Crippen molar-refractivity contribution in [1.82, 2.24) is 10.2 Å². The van der Waals surface area contributed by atoms with Gasteiger partial charge in [0.05, 0.1) is 0 Å². The van der Waals surface area contributed by atoms with Crippen LogP contribution < -0.4 is 5.32 Å². The highest BCUT2D eigenvalue weighted by Crippen LogP contribution is 2.26. The van der Waals surface area contributed by atoms with Gasteiger partial charge < -0.3 is 10.2 Å². The van der Waals surface area contributed by atoms with Gasteiger partial charge in [-0.1, -0.05) is 53.4 Å². The van der Waals surface area contributed by atoms with Gasteiger partial charge in [-0.2, -0.15) is 0 Å². The van der Waals surface area contributed by atoms with Crippen LogP contribution in [0, 0.1) is 17.3 Å². The minimum absolute atomic E-state index is 0.260. The topological polar surface area (TPSA) is 32.3 Å². The van der Waals surface area contributed by atoms with E-state index < -0.39 is 0 Å². The fraction of sp³-hybridized carbons (Fsp3) is 0.947. The molecule has 0 radical (unpaired) electrons. The lowest BCUT2D eigenvalue weighted by Gasteiger charge is -2.41. The molecule has 0 spiro atoms. The van der Waals surface area contributed by atoms with Gasteiger partial charge in [-0.05, 0) is 37.6 Å². The van der Waals surface area contributed by atoms with Crippen LogP contribution in [-0.2, 0) is 4.79 Å². The van der Waals surface area contributed by atoms with Crippen LogP contribution in [0.2, 0.25) is 0 Å². The first-order chi connectivity index (χ1) is 10.4. The largest absolute Gasteiger partial charge is 0.340 e. The molecule has 3 heteroatoms. The lowest BCUT2D eigenvalue weighted by Crippen LogP contribution is -2.54. The van der Waals surface area contributed by atoms with E-state index in [2.05, 4.69) is 17.1 Å². The maximum atomic E-state index is 12.6. The first-order valence-electron chi connectivity index (χ1n) is 9.43. The lowest BCUT2D eigenvalue weighted by atomic mass is 9.87. The number of carbonyl (C=O) groups excluding carboxylic acids is 1. The van der Waals surface area contributed by atoms with E-state index in [-0.39, 0.29) is 5.41 Å². The first kappa shape index (κ1) is 17.8. The van der Waals surface area contributed by atoms with Crippen LogP contribution in [0.4, 0.5) is 0 Å². The van der Waals surface area contributed by atoms with Crippen LogP contribution in [0.1, 0.15) is 72.6 Å². The fourth-order valence-electron chi connectivity index (χ4n) is 4.01. The van der Waals surface area contributed by atoms with Crippen LogP contribution in [0.5, 0.6) is 0 Å². The minimum Gasteiger partial charge on any atom is -0.340 e. The van der Waals surface area contributed by atoms with Gasteiger partial charge in [0.25, 0.3) is 0 Å². The Hall–Kier alpha value is -0.570. The van der Waals surface area contributed by atoms with Crippen molar-refractivity contribution in [2.24, 2.45) is 17.3 Å². The van der Waals surface area contributed by atoms with Crippen molar-refractivity contribution in [3.8, 4) is 0 Å². The summed E-state index contributed by atoms with van der Waals surface area (Å²) in [6.45, 7) is 11.4. The van der Waals surface area contributed by atoms with E-state index in [1.807, 2.05) is 20.8 Å². The molecule has 0 bridgehead atoms. The number of hydrogen-bond acceptors (Lipinski definition) is 2. The molecule has 2 unspecified atom stereocenters. The van der Waals surface area contributed by atoms with E-state index in [9.17, 15) is 4.79 Å². The third kappa shape index (κ3) is 4.97. The maximum Gasteiger partial charge on any atom is 0.228 e. The molecule has 0 aromatic heterocycles. The summed E-state index contributed by atoms with van der Waals surface area (Å²) >= 11 is 0. The molecule has 1 aliphatic heterocycles. The zero-order valence-corrected chi connectivity index (χ0v) is 15.2. The van der Waals surface area contributed by atoms with Gasteiger partial charge in [0.1, 0.15) is 0 Å². The predicted molar refractivity (Wildman–Crippen MR) is 92.8 cm³/mol. The Morgan fingerprint density at radius 3 is 2.36 bits per heavy atom. The second-order valence-corrected chi connectivity index (χ2v) is 8.58. The SMILES string of the molecule is CCC1CC(NCC2CCCCC2)CN(C(=O)C(C)(C)C)C1. The molecule has 1 heterocycles. The Balaban J connectivity index is 1.88. The average Bonchev–Trinajstić information content (AvgIpc) is 2.52. The molecule has 1 amide bonds. The second-order valence-electron chi connectivity index (χ2n) is 8.58. The number of carbonyl (C=O) groups is 1. The number of hydrogen-bond donors (Lipinski definition) is 1. The van der Waals surface area contributed by atoms with Gasteiger partial charge in [0, 0.05) is 24.5 Å². The molecule has 1 N–H and O–H groups in total. The molecule has 2 aliphatic rings. The zero-order valence-electron chi connectivity index (χ0n) is 15.2. The summed E-state index contributed by atoms with van der Waals surface area (Å²) in [6.07, 6.45) is 9.42. The fourth-order valence-corrected chi connectivity index (χ4v) is 4.01. The Morgan fingerprint density at radius 1 is 1.09 bits per heavy atom. The van der Waals surface area contributed by atoms with Crippen LogP contribution in [0.3, 0.4) is 0 Å². The van der Waals surface area contributed by atoms with Crippen LogP contribution >= 0.6 is 0 Å². The Bertz CT molecular complexity index is 355. The summed E-state index contributed by atoms with van der Waals surface area (Å²) in [5.74, 6) is 1.83. The van der Waals surface area contributed by atoms with Gasteiger partial charge in [-0.15, -0.1) is 0 Å². The number of nitrogens with zero attached hydrogens (tertiary/aromatic N) is 1. The van der Waals surface area contributed by atoms with E-state index in [4.69, 9.17) is 0 Å². The van der Waals surface area contributed by atoms with Crippen LogP contribution in [0.15, 0.2) is 0 Å². The summed E-state index contributed by atoms with van der Waals surface area (Å²) in [5.41, 5.74) is -0.260. The molecule has 2 fully saturated rings. The van der Waals surface area contributed by atoms with Crippen molar-refractivity contribution in [2.45, 2.75) is 78.7 Å². The van der Waals surface area contributed by atoms with Gasteiger partial charge in [0.2, 0.25) is 5.91 Å². The van der Waals surface area contributed by atoms with E-state index in [1.165, 1.54) is 44.9 Å². The van der Waals surface area contributed by atoms with Crippen molar-refractivity contribution in [3.05, 3.63) is 0 Å². The quantitative estimate of drug-likeness (QED) is 0.856. The summed E-state index contributed by atoms with van der Waals surface area (Å²) in [7, 11) is 0. The van der Waals surface area contributed by atoms with Crippen molar-refractivity contribution in [3.63, 3.8) is 0 Å². The number of amides is 1. The number of nitrogens with one attached hydrogen (secondary N) is 1. The molecule has 2 atom stereocenters. The average molecular weight is 309 g/mol. The van der Waals surface area contributed by atoms with E-state index >= 15 is 0 Å². The zero-order chi connectivity index (χ0) is 16.2. The highest BCUT2D eigenvalue weighted by molar-refractivity contribution is 5.81. The molecule has 1 aliphatic carbocycles. The summed E-state index contributed by atoms with van der Waals surface area (Å²) in [5, 5.41) is 3.80. The van der Waals surface area contributed by atoms with Gasteiger partial charge in [-0.3, -0.25) is 4.79 Å². The standard InChI is InChI=1S/C19H36N2O/c1-5-15-11-17(20-12-16-9-7-6-8-10-16)14-21(13-15)18(22)19(2,3)4/h15-17,20H,5-14H2,1-4H3. The van der Waals surface area contributed by atoms with Crippen molar-refractivity contribution in [1.29, 1.82) is 0 Å². The molecule has 128 valence electrons. The molecule has 0 aromatic carbocycles. The minimum atomic E-state index is -0.260. The Kier molecular flexibility index (Phi) is 6.31. The monoisotopic (exact) mass is 308 g/mol. The Morgan fingerprint density at radius 2 is 1.77 bits per heavy atom. The van der Waals surface area contributed by atoms with E-state index in [0.717, 1.165) is 25.6 Å². The smallest absolute Gasteiger partial charge is 0.228 e. The van der Waals surface area contributed by atoms with E-state index in [1.54, 1.807) is 0 Å². The van der Waals surface area contributed by atoms with Crippen LogP contribution in [-0.4, -0.2) is 36.5 Å². The Labute approximate surface area is 137 Å². The highest BCUT2D eigenvalue weighted by Gasteiger charge is 2.34. The summed E-state index contributed by atoms with van der Waals surface area (Å²) in [4.78, 5) is 14.8. The van der Waals surface area contributed by atoms with Gasteiger partial charge in [-0.25, -0.2) is 0 Å². The first-order valence-corrected chi connectivity index (χ1v) is 9.43.